The van der Waals surface area contributed by atoms with Crippen LogP contribution < -0.4 is 0 Å². The average molecular weight is 370 g/mol. The Labute approximate surface area is 155 Å². The monoisotopic (exact) mass is 370 g/mol. The van der Waals surface area contributed by atoms with Gasteiger partial charge in [0.05, 0.1) is 18.4 Å². The first-order valence-electron chi connectivity index (χ1n) is 8.20. The van der Waals surface area contributed by atoms with E-state index >= 15 is 0 Å². The Bertz CT molecular complexity index is 983. The van der Waals surface area contributed by atoms with Crippen LogP contribution >= 0.6 is 12.2 Å². The fourth-order valence-electron chi connectivity index (χ4n) is 2.35. The van der Waals surface area contributed by atoms with E-state index in [0.717, 1.165) is 11.4 Å². The van der Waals surface area contributed by atoms with Crippen LogP contribution in [-0.2, 0) is 11.2 Å². The number of ether oxygens (including phenoxy) is 1. The lowest BCUT2D eigenvalue weighted by Gasteiger charge is -2.02. The van der Waals surface area contributed by atoms with Gasteiger partial charge in [0, 0.05) is 12.0 Å². The number of nitrogens with zero attached hydrogens (tertiary/aromatic N) is 3. The van der Waals surface area contributed by atoms with E-state index in [4.69, 9.17) is 21.4 Å². The van der Waals surface area contributed by atoms with E-state index in [1.54, 1.807) is 29.9 Å². The second-order valence-electron chi connectivity index (χ2n) is 5.35. The minimum atomic E-state index is -0.338. The minimum absolute atomic E-state index is 0.338. The molecule has 0 unspecified atom stereocenters. The lowest BCUT2D eigenvalue weighted by Crippen LogP contribution is -2.03. The molecule has 0 radical (unpaired) electrons. The second-order valence-corrected chi connectivity index (χ2v) is 5.74. The number of hydrogen-bond donors (Lipinski definition) is 1. The van der Waals surface area contributed by atoms with E-state index in [1.165, 1.54) is 0 Å². The Hall–Kier alpha value is -3.00. The molecule has 3 aromatic rings. The van der Waals surface area contributed by atoms with Crippen LogP contribution in [0.4, 0.5) is 0 Å². The van der Waals surface area contributed by atoms with Crippen molar-refractivity contribution in [3.63, 3.8) is 0 Å². The Morgan fingerprint density at radius 3 is 2.77 bits per heavy atom. The molecule has 3 rings (SSSR count). The maximum absolute atomic E-state index is 11.7. The summed E-state index contributed by atoms with van der Waals surface area (Å²) < 4.78 is 12.8. The largest absolute Gasteiger partial charge is 0.462 e. The summed E-state index contributed by atoms with van der Waals surface area (Å²) in [4.78, 5) is 11.7. The van der Waals surface area contributed by atoms with Gasteiger partial charge in [-0.2, -0.15) is 14.9 Å². The van der Waals surface area contributed by atoms with Crippen LogP contribution in [0, 0.1) is 4.77 Å². The number of carbonyl (C=O) groups is 1. The zero-order valence-electron chi connectivity index (χ0n) is 14.4. The highest BCUT2D eigenvalue weighted by molar-refractivity contribution is 7.71. The number of esters is 1. The van der Waals surface area contributed by atoms with Gasteiger partial charge in [0.1, 0.15) is 11.5 Å². The molecule has 2 aromatic heterocycles. The Morgan fingerprint density at radius 1 is 1.31 bits per heavy atom. The fourth-order valence-corrected chi connectivity index (χ4v) is 2.55. The first kappa shape index (κ1) is 17.8. The van der Waals surface area contributed by atoms with Crippen molar-refractivity contribution in [2.45, 2.75) is 20.3 Å². The van der Waals surface area contributed by atoms with E-state index in [9.17, 15) is 4.79 Å². The SMILES string of the molecule is CCOC(=O)c1ccc(-c2ccc(/C=N\n3c(CC)n[nH]c3=S)o2)cc1. The molecule has 0 saturated heterocycles. The number of furan rings is 1. The number of H-pyrrole nitrogens is 1. The fraction of sp³-hybridized carbons (Fsp3) is 0.222. The topological polar surface area (TPSA) is 85.4 Å². The van der Waals surface area contributed by atoms with Crippen molar-refractivity contribution < 1.29 is 13.9 Å². The molecule has 0 atom stereocenters. The van der Waals surface area contributed by atoms with Gasteiger partial charge < -0.3 is 9.15 Å². The molecule has 26 heavy (non-hydrogen) atoms. The standard InChI is InChI=1S/C18H18N4O3S/c1-3-16-20-21-18(26)22(16)19-11-14-9-10-15(25-14)12-5-7-13(8-6-12)17(23)24-4-2/h5-11H,3-4H2,1-2H3,(H,21,26)/b19-11-. The molecule has 0 aliphatic heterocycles. The maximum Gasteiger partial charge on any atom is 0.338 e. The van der Waals surface area contributed by atoms with E-state index < -0.39 is 0 Å². The van der Waals surface area contributed by atoms with Gasteiger partial charge in [-0.1, -0.05) is 19.1 Å². The number of aromatic nitrogens is 3. The number of rotatable bonds is 6. The second kappa shape index (κ2) is 7.92. The molecule has 7 nitrogen and oxygen atoms in total. The Morgan fingerprint density at radius 2 is 2.08 bits per heavy atom. The molecule has 1 aromatic carbocycles. The van der Waals surface area contributed by atoms with Crippen LogP contribution in [0.3, 0.4) is 0 Å². The van der Waals surface area contributed by atoms with Crippen molar-refractivity contribution in [1.29, 1.82) is 0 Å². The summed E-state index contributed by atoms with van der Waals surface area (Å²) in [6.45, 7) is 4.10. The molecule has 0 saturated carbocycles. The summed E-state index contributed by atoms with van der Waals surface area (Å²) in [5, 5.41) is 11.1. The van der Waals surface area contributed by atoms with Crippen molar-refractivity contribution in [3.8, 4) is 11.3 Å². The highest BCUT2D eigenvalue weighted by atomic mass is 32.1. The molecule has 0 aliphatic rings. The summed E-state index contributed by atoms with van der Waals surface area (Å²) in [5.74, 6) is 1.66. The van der Waals surface area contributed by atoms with Crippen LogP contribution in [0.5, 0.6) is 0 Å². The third-order valence-corrected chi connectivity index (χ3v) is 3.91. The number of benzene rings is 1. The predicted molar refractivity (Wildman–Crippen MR) is 99.9 cm³/mol. The lowest BCUT2D eigenvalue weighted by atomic mass is 10.1. The normalized spacial score (nSPS) is 11.2. The van der Waals surface area contributed by atoms with Crippen molar-refractivity contribution in [2.24, 2.45) is 5.10 Å². The molecule has 8 heteroatoms. The molecular weight excluding hydrogens is 352 g/mol. The molecule has 0 spiro atoms. The highest BCUT2D eigenvalue weighted by Gasteiger charge is 2.08. The van der Waals surface area contributed by atoms with Crippen molar-refractivity contribution in [1.82, 2.24) is 14.9 Å². The van der Waals surface area contributed by atoms with E-state index in [2.05, 4.69) is 15.3 Å². The van der Waals surface area contributed by atoms with Crippen LogP contribution in [-0.4, -0.2) is 33.7 Å². The molecule has 0 fully saturated rings. The zero-order valence-corrected chi connectivity index (χ0v) is 15.2. The van der Waals surface area contributed by atoms with Gasteiger partial charge in [-0.25, -0.2) is 4.79 Å². The van der Waals surface area contributed by atoms with Crippen molar-refractivity contribution in [3.05, 3.63) is 58.3 Å². The first-order chi connectivity index (χ1) is 12.6. The number of aromatic amines is 1. The molecule has 2 heterocycles. The number of carbonyl (C=O) groups excluding carboxylic acids is 1. The lowest BCUT2D eigenvalue weighted by molar-refractivity contribution is 0.0526. The van der Waals surface area contributed by atoms with Crippen molar-refractivity contribution >= 4 is 24.4 Å². The Balaban J connectivity index is 1.77. The van der Waals surface area contributed by atoms with Crippen LogP contribution in [0.15, 0.2) is 45.9 Å². The minimum Gasteiger partial charge on any atom is -0.462 e. The third kappa shape index (κ3) is 3.80. The zero-order chi connectivity index (χ0) is 18.5. The summed E-state index contributed by atoms with van der Waals surface area (Å²) in [6, 6.07) is 10.7. The summed E-state index contributed by atoms with van der Waals surface area (Å²) in [5.41, 5.74) is 1.36. The molecule has 0 bridgehead atoms. The van der Waals surface area contributed by atoms with Crippen LogP contribution in [0.25, 0.3) is 11.3 Å². The summed E-state index contributed by atoms with van der Waals surface area (Å²) in [7, 11) is 0. The van der Waals surface area contributed by atoms with Gasteiger partial charge in [0.2, 0.25) is 4.77 Å². The van der Waals surface area contributed by atoms with Gasteiger partial charge >= 0.3 is 5.97 Å². The molecule has 0 aliphatic carbocycles. The van der Waals surface area contributed by atoms with Crippen molar-refractivity contribution in [2.75, 3.05) is 6.61 Å². The van der Waals surface area contributed by atoms with Gasteiger partial charge in [0.25, 0.3) is 0 Å². The van der Waals surface area contributed by atoms with Gasteiger partial charge in [-0.3, -0.25) is 5.10 Å². The molecule has 0 amide bonds. The predicted octanol–water partition coefficient (Wildman–Crippen LogP) is 3.82. The number of nitrogens with one attached hydrogen (secondary N) is 1. The number of hydrogen-bond acceptors (Lipinski definition) is 6. The summed E-state index contributed by atoms with van der Waals surface area (Å²) >= 11 is 5.15. The van der Waals surface area contributed by atoms with E-state index in [-0.39, 0.29) is 5.97 Å². The third-order valence-electron chi connectivity index (χ3n) is 3.64. The maximum atomic E-state index is 11.7. The van der Waals surface area contributed by atoms with Crippen LogP contribution in [0.2, 0.25) is 0 Å². The van der Waals surface area contributed by atoms with E-state index in [0.29, 0.717) is 34.9 Å². The van der Waals surface area contributed by atoms with Gasteiger partial charge in [0.15, 0.2) is 5.82 Å². The van der Waals surface area contributed by atoms with Crippen LogP contribution in [0.1, 0.15) is 35.8 Å². The smallest absolute Gasteiger partial charge is 0.338 e. The van der Waals surface area contributed by atoms with E-state index in [1.807, 2.05) is 31.2 Å². The summed E-state index contributed by atoms with van der Waals surface area (Å²) in [6.07, 6.45) is 2.29. The first-order valence-corrected chi connectivity index (χ1v) is 8.61. The molecule has 134 valence electrons. The highest BCUT2D eigenvalue weighted by Crippen LogP contribution is 2.22. The average Bonchev–Trinajstić information content (AvgIpc) is 3.27. The van der Waals surface area contributed by atoms with Gasteiger partial charge in [-0.05, 0) is 43.4 Å². The van der Waals surface area contributed by atoms with Gasteiger partial charge in [-0.15, -0.1) is 0 Å². The quantitative estimate of drug-likeness (QED) is 0.405. The molecule has 1 N–H and O–H groups in total. The number of aryl methyl sites for hydroxylation is 1. The molecular formula is C18H18N4O3S. The Kier molecular flexibility index (Phi) is 5.43.